The van der Waals surface area contributed by atoms with Crippen LogP contribution in [0.25, 0.3) is 0 Å². The van der Waals surface area contributed by atoms with Crippen LogP contribution in [0.4, 0.5) is 0 Å². The van der Waals surface area contributed by atoms with E-state index in [9.17, 15) is 19.2 Å². The van der Waals surface area contributed by atoms with Crippen molar-refractivity contribution in [1.82, 2.24) is 0 Å². The summed E-state index contributed by atoms with van der Waals surface area (Å²) in [5.41, 5.74) is 0. The van der Waals surface area contributed by atoms with E-state index in [1.165, 1.54) is 0 Å². The van der Waals surface area contributed by atoms with Crippen LogP contribution < -0.4 is 0 Å². The highest BCUT2D eigenvalue weighted by molar-refractivity contribution is 5.92. The molecular weight excluding hydrogens is 240 g/mol. The van der Waals surface area contributed by atoms with Gasteiger partial charge in [0.2, 0.25) is 0 Å². The Bertz CT molecular complexity index is 350. The standard InChI is InChI=1S/C8H8O9/c9-5(10)1-2(6(11)12)4(8(15)16)17-3(1)7(13)14/h1-4H,(H,9,10)(H,11,12)(H,13,14)(H,15,16)/t1-,2?,3+,4?/m1/s1. The number of ether oxygens (including phenoxy) is 1. The van der Waals surface area contributed by atoms with Crippen LogP contribution in [0.15, 0.2) is 0 Å². The summed E-state index contributed by atoms with van der Waals surface area (Å²) in [6, 6.07) is 0. The van der Waals surface area contributed by atoms with E-state index in [1.807, 2.05) is 0 Å². The summed E-state index contributed by atoms with van der Waals surface area (Å²) in [5, 5.41) is 34.8. The van der Waals surface area contributed by atoms with Crippen molar-refractivity contribution in [2.45, 2.75) is 12.2 Å². The predicted molar refractivity (Wildman–Crippen MR) is 46.2 cm³/mol. The average Bonchev–Trinajstić information content (AvgIpc) is 2.56. The molecule has 0 spiro atoms. The largest absolute Gasteiger partial charge is 0.481 e. The second-order valence-corrected chi connectivity index (χ2v) is 3.38. The number of hydrogen-bond acceptors (Lipinski definition) is 5. The Morgan fingerprint density at radius 3 is 1.12 bits per heavy atom. The zero-order chi connectivity index (χ0) is 13.3. The third-order valence-corrected chi connectivity index (χ3v) is 2.39. The van der Waals surface area contributed by atoms with Gasteiger partial charge in [0.25, 0.3) is 0 Å². The highest BCUT2D eigenvalue weighted by atomic mass is 16.6. The Morgan fingerprint density at radius 2 is 0.941 bits per heavy atom. The minimum Gasteiger partial charge on any atom is -0.481 e. The molecule has 9 heteroatoms. The Balaban J connectivity index is 3.17. The predicted octanol–water partition coefficient (Wildman–Crippen LogP) is -1.68. The van der Waals surface area contributed by atoms with Gasteiger partial charge in [0.1, 0.15) is 11.8 Å². The van der Waals surface area contributed by atoms with E-state index in [2.05, 4.69) is 4.74 Å². The highest BCUT2D eigenvalue weighted by Gasteiger charge is 2.57. The first-order chi connectivity index (χ1) is 7.77. The number of carbonyl (C=O) groups is 4. The van der Waals surface area contributed by atoms with Crippen molar-refractivity contribution in [2.24, 2.45) is 11.8 Å². The molecule has 0 aromatic heterocycles. The number of aliphatic carboxylic acids is 4. The summed E-state index contributed by atoms with van der Waals surface area (Å²) in [6.07, 6.45) is -3.98. The van der Waals surface area contributed by atoms with E-state index in [0.29, 0.717) is 0 Å². The van der Waals surface area contributed by atoms with Crippen LogP contribution in [0.5, 0.6) is 0 Å². The Morgan fingerprint density at radius 1 is 0.647 bits per heavy atom. The zero-order valence-corrected chi connectivity index (χ0v) is 8.14. The molecular formula is C8H8O9. The van der Waals surface area contributed by atoms with Crippen molar-refractivity contribution < 1.29 is 44.3 Å². The molecule has 0 aromatic rings. The van der Waals surface area contributed by atoms with Gasteiger partial charge in [-0.05, 0) is 0 Å². The van der Waals surface area contributed by atoms with E-state index in [-0.39, 0.29) is 0 Å². The molecule has 4 N–H and O–H groups in total. The van der Waals surface area contributed by atoms with Gasteiger partial charge in [0, 0.05) is 0 Å². The Labute approximate surface area is 93.2 Å². The quantitative estimate of drug-likeness (QED) is 0.455. The van der Waals surface area contributed by atoms with Crippen molar-refractivity contribution in [3.8, 4) is 0 Å². The maximum absolute atomic E-state index is 10.8. The van der Waals surface area contributed by atoms with Gasteiger partial charge in [-0.3, -0.25) is 9.59 Å². The summed E-state index contributed by atoms with van der Waals surface area (Å²) in [6.45, 7) is 0. The minimum atomic E-state index is -1.99. The summed E-state index contributed by atoms with van der Waals surface area (Å²) in [4.78, 5) is 43.0. The van der Waals surface area contributed by atoms with Crippen molar-refractivity contribution >= 4 is 23.9 Å². The molecule has 0 amide bonds. The van der Waals surface area contributed by atoms with Gasteiger partial charge in [0.05, 0.1) is 0 Å². The summed E-state index contributed by atoms with van der Waals surface area (Å²) in [5.74, 6) is -10.8. The van der Waals surface area contributed by atoms with Crippen LogP contribution in [-0.4, -0.2) is 56.5 Å². The fourth-order valence-electron chi connectivity index (χ4n) is 1.69. The zero-order valence-electron chi connectivity index (χ0n) is 8.14. The lowest BCUT2D eigenvalue weighted by atomic mass is 9.87. The van der Waals surface area contributed by atoms with Crippen molar-refractivity contribution in [1.29, 1.82) is 0 Å². The molecule has 0 bridgehead atoms. The lowest BCUT2D eigenvalue weighted by molar-refractivity contribution is -0.163. The monoisotopic (exact) mass is 248 g/mol. The van der Waals surface area contributed by atoms with Gasteiger partial charge >= 0.3 is 23.9 Å². The van der Waals surface area contributed by atoms with E-state index < -0.39 is 47.9 Å². The molecule has 17 heavy (non-hydrogen) atoms. The van der Waals surface area contributed by atoms with Crippen molar-refractivity contribution in [3.05, 3.63) is 0 Å². The van der Waals surface area contributed by atoms with Crippen LogP contribution in [0.2, 0.25) is 0 Å². The van der Waals surface area contributed by atoms with Crippen molar-refractivity contribution in [3.63, 3.8) is 0 Å². The third kappa shape index (κ3) is 2.18. The molecule has 0 aliphatic carbocycles. The van der Waals surface area contributed by atoms with Crippen LogP contribution in [-0.2, 0) is 23.9 Å². The summed E-state index contributed by atoms with van der Waals surface area (Å²) >= 11 is 0. The third-order valence-electron chi connectivity index (χ3n) is 2.39. The maximum atomic E-state index is 10.8. The highest BCUT2D eigenvalue weighted by Crippen LogP contribution is 2.33. The molecule has 94 valence electrons. The van der Waals surface area contributed by atoms with Gasteiger partial charge in [-0.15, -0.1) is 0 Å². The molecule has 0 radical (unpaired) electrons. The van der Waals surface area contributed by atoms with E-state index in [1.54, 1.807) is 0 Å². The minimum absolute atomic E-state index is 1.72. The molecule has 0 saturated carbocycles. The first-order valence-electron chi connectivity index (χ1n) is 4.34. The number of carboxylic acid groups (broad SMARTS) is 4. The fraction of sp³-hybridized carbons (Fsp3) is 0.500. The Kier molecular flexibility index (Phi) is 3.32. The lowest BCUT2D eigenvalue weighted by Crippen LogP contribution is -2.39. The SMILES string of the molecule is O=C(O)C1O[C@H](C(=O)O)[C@H](C(=O)O)C1C(=O)O. The molecule has 0 aromatic carbocycles. The number of rotatable bonds is 4. The maximum Gasteiger partial charge on any atom is 0.333 e. The van der Waals surface area contributed by atoms with Crippen LogP contribution in [0, 0.1) is 11.8 Å². The van der Waals surface area contributed by atoms with Gasteiger partial charge in [-0.1, -0.05) is 0 Å². The number of hydrogen-bond donors (Lipinski definition) is 4. The van der Waals surface area contributed by atoms with E-state index >= 15 is 0 Å². The molecule has 1 aliphatic rings. The molecule has 1 rings (SSSR count). The molecule has 1 fully saturated rings. The van der Waals surface area contributed by atoms with E-state index in [0.717, 1.165) is 0 Å². The Hall–Kier alpha value is -2.16. The number of carboxylic acids is 4. The van der Waals surface area contributed by atoms with Crippen LogP contribution in [0.3, 0.4) is 0 Å². The first kappa shape index (κ1) is 12.9. The first-order valence-corrected chi connectivity index (χ1v) is 4.34. The second kappa shape index (κ2) is 4.37. The normalized spacial score (nSPS) is 32.0. The fourth-order valence-corrected chi connectivity index (χ4v) is 1.69. The lowest BCUT2D eigenvalue weighted by Gasteiger charge is -2.13. The van der Waals surface area contributed by atoms with Gasteiger partial charge in [0.15, 0.2) is 12.2 Å². The van der Waals surface area contributed by atoms with Crippen LogP contribution in [0.1, 0.15) is 0 Å². The molecule has 1 heterocycles. The van der Waals surface area contributed by atoms with Gasteiger partial charge in [-0.25, -0.2) is 9.59 Å². The summed E-state index contributed by atoms with van der Waals surface area (Å²) < 4.78 is 4.47. The molecule has 1 saturated heterocycles. The average molecular weight is 248 g/mol. The van der Waals surface area contributed by atoms with E-state index in [4.69, 9.17) is 20.4 Å². The van der Waals surface area contributed by atoms with Gasteiger partial charge in [-0.2, -0.15) is 0 Å². The molecule has 1 aliphatic heterocycles. The summed E-state index contributed by atoms with van der Waals surface area (Å²) in [7, 11) is 0. The topological polar surface area (TPSA) is 158 Å². The van der Waals surface area contributed by atoms with Gasteiger partial charge < -0.3 is 25.2 Å². The molecule has 2 unspecified atom stereocenters. The molecule has 4 atom stereocenters. The molecule has 9 nitrogen and oxygen atoms in total. The van der Waals surface area contributed by atoms with Crippen molar-refractivity contribution in [2.75, 3.05) is 0 Å². The smallest absolute Gasteiger partial charge is 0.333 e. The second-order valence-electron chi connectivity index (χ2n) is 3.38. The van der Waals surface area contributed by atoms with Crippen LogP contribution >= 0.6 is 0 Å².